The fraction of sp³-hybridized carbons (Fsp3) is 0.381. The standard InChI is InChI=1S/C21H24N2O4/c1-25-18-6-4-15(12-20(18)26-2)19-11-14-3-5-16(13-17(14)21(24)27-19)23-9-7-22-8-10-23/h3-6,12-13,19,22H,7-11H2,1-2H3. The molecule has 2 aliphatic heterocycles. The fourth-order valence-electron chi connectivity index (χ4n) is 3.73. The molecule has 4 rings (SSSR count). The van der Waals surface area contributed by atoms with Gasteiger partial charge in [-0.15, -0.1) is 0 Å². The summed E-state index contributed by atoms with van der Waals surface area (Å²) in [5, 5.41) is 3.34. The van der Waals surface area contributed by atoms with Crippen LogP contribution in [0.2, 0.25) is 0 Å². The molecule has 6 nitrogen and oxygen atoms in total. The second-order valence-electron chi connectivity index (χ2n) is 6.79. The molecule has 0 aromatic heterocycles. The summed E-state index contributed by atoms with van der Waals surface area (Å²) in [6, 6.07) is 11.8. The molecule has 1 unspecified atom stereocenters. The number of rotatable bonds is 4. The van der Waals surface area contributed by atoms with Gasteiger partial charge in [-0.05, 0) is 35.4 Å². The second kappa shape index (κ2) is 7.48. The maximum absolute atomic E-state index is 12.7. The number of esters is 1. The Kier molecular flexibility index (Phi) is 4.90. The van der Waals surface area contributed by atoms with Crippen LogP contribution in [0.1, 0.15) is 27.6 Å². The van der Waals surface area contributed by atoms with Gasteiger partial charge in [0.15, 0.2) is 11.5 Å². The number of methoxy groups -OCH3 is 2. The lowest BCUT2D eigenvalue weighted by atomic mass is 9.94. The smallest absolute Gasteiger partial charge is 0.339 e. The first-order valence-corrected chi connectivity index (χ1v) is 9.21. The molecule has 0 amide bonds. The van der Waals surface area contributed by atoms with Crippen LogP contribution in [-0.2, 0) is 11.2 Å². The van der Waals surface area contributed by atoms with Crippen molar-refractivity contribution >= 4 is 11.7 Å². The minimum Gasteiger partial charge on any atom is -0.493 e. The van der Waals surface area contributed by atoms with Crippen molar-refractivity contribution in [1.82, 2.24) is 5.32 Å². The Morgan fingerprint density at radius 3 is 2.56 bits per heavy atom. The van der Waals surface area contributed by atoms with E-state index in [2.05, 4.69) is 22.3 Å². The fourth-order valence-corrected chi connectivity index (χ4v) is 3.73. The van der Waals surface area contributed by atoms with Crippen molar-refractivity contribution in [2.75, 3.05) is 45.3 Å². The van der Waals surface area contributed by atoms with Gasteiger partial charge in [-0.2, -0.15) is 0 Å². The zero-order valence-electron chi connectivity index (χ0n) is 15.7. The number of nitrogens with one attached hydrogen (secondary N) is 1. The van der Waals surface area contributed by atoms with Crippen molar-refractivity contribution in [2.45, 2.75) is 12.5 Å². The lowest BCUT2D eigenvalue weighted by Gasteiger charge is -2.31. The number of carbonyl (C=O) groups excluding carboxylic acids is 1. The Labute approximate surface area is 159 Å². The van der Waals surface area contributed by atoms with E-state index in [0.717, 1.165) is 43.0 Å². The van der Waals surface area contributed by atoms with Crippen LogP contribution >= 0.6 is 0 Å². The molecule has 0 bridgehead atoms. The average Bonchev–Trinajstić information content (AvgIpc) is 2.73. The molecule has 2 aromatic carbocycles. The second-order valence-corrected chi connectivity index (χ2v) is 6.79. The van der Waals surface area contributed by atoms with E-state index in [-0.39, 0.29) is 12.1 Å². The normalized spacial score (nSPS) is 19.3. The third-order valence-electron chi connectivity index (χ3n) is 5.23. The van der Waals surface area contributed by atoms with E-state index in [1.807, 2.05) is 24.3 Å². The number of carbonyl (C=O) groups is 1. The highest BCUT2D eigenvalue weighted by atomic mass is 16.5. The molecular formula is C21H24N2O4. The molecule has 0 spiro atoms. The quantitative estimate of drug-likeness (QED) is 0.837. The molecule has 0 saturated carbocycles. The van der Waals surface area contributed by atoms with Crippen LogP contribution in [0.3, 0.4) is 0 Å². The molecule has 1 saturated heterocycles. The van der Waals surface area contributed by atoms with Crippen molar-refractivity contribution in [3.05, 3.63) is 53.1 Å². The predicted molar refractivity (Wildman–Crippen MR) is 103 cm³/mol. The largest absolute Gasteiger partial charge is 0.493 e. The lowest BCUT2D eigenvalue weighted by Crippen LogP contribution is -2.43. The molecule has 6 heteroatoms. The first-order valence-electron chi connectivity index (χ1n) is 9.21. The SMILES string of the molecule is COc1ccc(C2Cc3ccc(N4CCNCC4)cc3C(=O)O2)cc1OC. The van der Waals surface area contributed by atoms with Gasteiger partial charge in [-0.3, -0.25) is 0 Å². The molecule has 1 fully saturated rings. The van der Waals surface area contributed by atoms with E-state index < -0.39 is 0 Å². The molecule has 2 aliphatic rings. The van der Waals surface area contributed by atoms with Crippen LogP contribution in [0.15, 0.2) is 36.4 Å². The molecule has 1 N–H and O–H groups in total. The number of nitrogens with zero attached hydrogens (tertiary/aromatic N) is 1. The summed E-state index contributed by atoms with van der Waals surface area (Å²) < 4.78 is 16.4. The van der Waals surface area contributed by atoms with Crippen LogP contribution in [0.5, 0.6) is 11.5 Å². The van der Waals surface area contributed by atoms with Gasteiger partial charge in [0, 0.05) is 38.3 Å². The third-order valence-corrected chi connectivity index (χ3v) is 5.23. The van der Waals surface area contributed by atoms with Gasteiger partial charge in [-0.1, -0.05) is 12.1 Å². The Hall–Kier alpha value is -2.73. The van der Waals surface area contributed by atoms with Crippen molar-refractivity contribution in [3.8, 4) is 11.5 Å². The van der Waals surface area contributed by atoms with E-state index in [1.54, 1.807) is 14.2 Å². The van der Waals surface area contributed by atoms with Crippen LogP contribution in [0.25, 0.3) is 0 Å². The highest BCUT2D eigenvalue weighted by molar-refractivity contribution is 5.93. The Morgan fingerprint density at radius 2 is 1.81 bits per heavy atom. The van der Waals surface area contributed by atoms with Crippen molar-refractivity contribution in [1.29, 1.82) is 0 Å². The molecule has 142 valence electrons. The van der Waals surface area contributed by atoms with E-state index in [0.29, 0.717) is 23.5 Å². The van der Waals surface area contributed by atoms with E-state index in [9.17, 15) is 4.79 Å². The van der Waals surface area contributed by atoms with Gasteiger partial charge in [-0.25, -0.2) is 4.79 Å². The maximum atomic E-state index is 12.7. The molecule has 27 heavy (non-hydrogen) atoms. The average molecular weight is 368 g/mol. The van der Waals surface area contributed by atoms with Gasteiger partial charge in [0.05, 0.1) is 19.8 Å². The summed E-state index contributed by atoms with van der Waals surface area (Å²) in [5.74, 6) is 1.02. The number of cyclic esters (lactones) is 1. The minimum atomic E-state index is -0.324. The topological polar surface area (TPSA) is 60.0 Å². The van der Waals surface area contributed by atoms with Crippen molar-refractivity contribution in [2.24, 2.45) is 0 Å². The van der Waals surface area contributed by atoms with Gasteiger partial charge in [0.2, 0.25) is 0 Å². The summed E-state index contributed by atoms with van der Waals surface area (Å²) in [6.07, 6.45) is 0.327. The van der Waals surface area contributed by atoms with E-state index in [1.165, 1.54) is 0 Å². The summed E-state index contributed by atoms with van der Waals surface area (Å²) in [4.78, 5) is 15.0. The summed E-state index contributed by atoms with van der Waals surface area (Å²) in [6.45, 7) is 3.82. The van der Waals surface area contributed by atoms with Gasteiger partial charge < -0.3 is 24.4 Å². The number of ether oxygens (including phenoxy) is 3. The Morgan fingerprint density at radius 1 is 1.04 bits per heavy atom. The first-order chi connectivity index (χ1) is 13.2. The molecule has 2 heterocycles. The summed E-state index contributed by atoms with van der Waals surface area (Å²) in [7, 11) is 3.20. The minimum absolute atomic E-state index is 0.270. The third kappa shape index (κ3) is 3.45. The van der Waals surface area contributed by atoms with Gasteiger partial charge in [0.1, 0.15) is 6.10 Å². The number of hydrogen-bond donors (Lipinski definition) is 1. The number of hydrogen-bond acceptors (Lipinski definition) is 6. The Bertz CT molecular complexity index is 846. The van der Waals surface area contributed by atoms with Crippen LogP contribution < -0.4 is 19.7 Å². The van der Waals surface area contributed by atoms with Crippen molar-refractivity contribution in [3.63, 3.8) is 0 Å². The van der Waals surface area contributed by atoms with Gasteiger partial charge >= 0.3 is 5.97 Å². The van der Waals surface area contributed by atoms with Crippen LogP contribution in [-0.4, -0.2) is 46.4 Å². The number of anilines is 1. The molecule has 0 radical (unpaired) electrons. The van der Waals surface area contributed by atoms with E-state index in [4.69, 9.17) is 14.2 Å². The highest BCUT2D eigenvalue weighted by Gasteiger charge is 2.29. The zero-order chi connectivity index (χ0) is 18.8. The summed E-state index contributed by atoms with van der Waals surface area (Å²) in [5.41, 5.74) is 3.67. The first kappa shape index (κ1) is 17.7. The van der Waals surface area contributed by atoms with Crippen LogP contribution in [0, 0.1) is 0 Å². The highest BCUT2D eigenvalue weighted by Crippen LogP contribution is 2.36. The number of piperazine rings is 1. The lowest BCUT2D eigenvalue weighted by molar-refractivity contribution is 0.0252. The molecule has 1 atom stereocenters. The maximum Gasteiger partial charge on any atom is 0.339 e. The summed E-state index contributed by atoms with van der Waals surface area (Å²) >= 11 is 0. The molecular weight excluding hydrogens is 344 g/mol. The number of fused-ring (bicyclic) bond motifs is 1. The monoisotopic (exact) mass is 368 g/mol. The van der Waals surface area contributed by atoms with Gasteiger partial charge in [0.25, 0.3) is 0 Å². The van der Waals surface area contributed by atoms with Crippen LogP contribution in [0.4, 0.5) is 5.69 Å². The predicted octanol–water partition coefficient (Wildman–Crippen LogP) is 2.57. The molecule has 0 aliphatic carbocycles. The van der Waals surface area contributed by atoms with E-state index >= 15 is 0 Å². The number of benzene rings is 2. The molecule has 2 aromatic rings. The Balaban J connectivity index is 1.59. The zero-order valence-corrected chi connectivity index (χ0v) is 15.7. The van der Waals surface area contributed by atoms with Crippen molar-refractivity contribution < 1.29 is 19.0 Å².